The normalized spacial score (nSPS) is 17.8. The topological polar surface area (TPSA) is 61.2 Å². The molecule has 1 saturated carbocycles. The van der Waals surface area contributed by atoms with E-state index in [4.69, 9.17) is 11.7 Å². The standard InChI is InChI=1S/C11H16N2O2S/c1-3-7-13(9-10-5-6-10)16(14,15)11(4-2)8-12/h1,10-11H,4-7,9H2,2H3. The van der Waals surface area contributed by atoms with Gasteiger partial charge in [-0.1, -0.05) is 12.8 Å². The fraction of sp³-hybridized carbons (Fsp3) is 0.727. The van der Waals surface area contributed by atoms with Crippen LogP contribution in [0.4, 0.5) is 0 Å². The van der Waals surface area contributed by atoms with E-state index in [2.05, 4.69) is 5.92 Å². The Morgan fingerprint density at radius 1 is 1.56 bits per heavy atom. The van der Waals surface area contributed by atoms with E-state index in [1.807, 2.05) is 6.07 Å². The number of nitrogens with zero attached hydrogens (tertiary/aromatic N) is 2. The highest BCUT2D eigenvalue weighted by Crippen LogP contribution is 2.31. The summed E-state index contributed by atoms with van der Waals surface area (Å²) < 4.78 is 25.4. The van der Waals surface area contributed by atoms with Crippen molar-refractivity contribution in [2.75, 3.05) is 13.1 Å². The molecule has 0 spiro atoms. The van der Waals surface area contributed by atoms with Crippen LogP contribution >= 0.6 is 0 Å². The maximum absolute atomic E-state index is 12.1. The predicted octanol–water partition coefficient (Wildman–Crippen LogP) is 0.964. The van der Waals surface area contributed by atoms with Gasteiger partial charge in [0.05, 0.1) is 12.6 Å². The Kier molecular flexibility index (Phi) is 4.35. The van der Waals surface area contributed by atoms with Crippen LogP contribution in [0.1, 0.15) is 26.2 Å². The van der Waals surface area contributed by atoms with E-state index < -0.39 is 15.3 Å². The lowest BCUT2D eigenvalue weighted by atomic mass is 10.4. The summed E-state index contributed by atoms with van der Waals surface area (Å²) in [6, 6.07) is 1.83. The van der Waals surface area contributed by atoms with Gasteiger partial charge in [0.15, 0.2) is 5.25 Å². The molecule has 1 aliphatic carbocycles. The maximum Gasteiger partial charge on any atom is 0.231 e. The molecule has 1 fully saturated rings. The first kappa shape index (κ1) is 13.0. The van der Waals surface area contributed by atoms with Crippen molar-refractivity contribution in [3.8, 4) is 18.4 Å². The van der Waals surface area contributed by atoms with Crippen molar-refractivity contribution < 1.29 is 8.42 Å². The lowest BCUT2D eigenvalue weighted by Crippen LogP contribution is -2.39. The second kappa shape index (κ2) is 5.34. The van der Waals surface area contributed by atoms with Crippen molar-refractivity contribution in [2.24, 2.45) is 5.92 Å². The highest BCUT2D eigenvalue weighted by molar-refractivity contribution is 7.90. The average molecular weight is 240 g/mol. The maximum atomic E-state index is 12.1. The number of sulfonamides is 1. The number of hydrogen-bond donors (Lipinski definition) is 0. The van der Waals surface area contributed by atoms with Crippen LogP contribution in [0.3, 0.4) is 0 Å². The Morgan fingerprint density at radius 3 is 2.56 bits per heavy atom. The van der Waals surface area contributed by atoms with Crippen LogP contribution in [-0.4, -0.2) is 31.1 Å². The molecule has 0 aromatic heterocycles. The van der Waals surface area contributed by atoms with Gasteiger partial charge in [-0.25, -0.2) is 8.42 Å². The second-order valence-electron chi connectivity index (χ2n) is 4.01. The Hall–Kier alpha value is -1.04. The van der Waals surface area contributed by atoms with Crippen molar-refractivity contribution >= 4 is 10.0 Å². The lowest BCUT2D eigenvalue weighted by Gasteiger charge is -2.21. The molecule has 1 unspecified atom stereocenters. The van der Waals surface area contributed by atoms with E-state index in [-0.39, 0.29) is 6.54 Å². The predicted molar refractivity (Wildman–Crippen MR) is 61.7 cm³/mol. The quantitative estimate of drug-likeness (QED) is 0.650. The molecule has 0 aliphatic heterocycles. The first-order chi connectivity index (χ1) is 7.56. The van der Waals surface area contributed by atoms with E-state index >= 15 is 0 Å². The van der Waals surface area contributed by atoms with E-state index in [1.54, 1.807) is 6.92 Å². The molecule has 4 nitrogen and oxygen atoms in total. The van der Waals surface area contributed by atoms with Gasteiger partial charge in [0.2, 0.25) is 10.0 Å². The second-order valence-corrected chi connectivity index (χ2v) is 6.13. The molecule has 0 amide bonds. The first-order valence-electron chi connectivity index (χ1n) is 5.38. The van der Waals surface area contributed by atoms with Crippen molar-refractivity contribution in [3.63, 3.8) is 0 Å². The zero-order valence-electron chi connectivity index (χ0n) is 9.39. The highest BCUT2D eigenvalue weighted by Gasteiger charge is 2.34. The minimum Gasteiger partial charge on any atom is -0.211 e. The third-order valence-corrected chi connectivity index (χ3v) is 4.82. The molecular formula is C11H16N2O2S. The van der Waals surface area contributed by atoms with Crippen molar-refractivity contribution in [2.45, 2.75) is 31.4 Å². The van der Waals surface area contributed by atoms with Crippen molar-refractivity contribution in [3.05, 3.63) is 0 Å². The average Bonchev–Trinajstić information content (AvgIpc) is 3.02. The first-order valence-corrected chi connectivity index (χ1v) is 6.88. The highest BCUT2D eigenvalue weighted by atomic mass is 32.2. The molecule has 0 N–H and O–H groups in total. The van der Waals surface area contributed by atoms with Gasteiger partial charge in [0.25, 0.3) is 0 Å². The number of terminal acetylenes is 1. The molecule has 1 rings (SSSR count). The summed E-state index contributed by atoms with van der Waals surface area (Å²) >= 11 is 0. The van der Waals surface area contributed by atoms with Crippen LogP contribution in [0.5, 0.6) is 0 Å². The largest absolute Gasteiger partial charge is 0.231 e. The van der Waals surface area contributed by atoms with E-state index in [9.17, 15) is 8.42 Å². The van der Waals surface area contributed by atoms with Gasteiger partial charge in [-0.15, -0.1) is 6.42 Å². The number of rotatable bonds is 6. The van der Waals surface area contributed by atoms with E-state index in [0.29, 0.717) is 18.9 Å². The summed E-state index contributed by atoms with van der Waals surface area (Å²) in [6.07, 6.45) is 7.57. The van der Waals surface area contributed by atoms with Gasteiger partial charge >= 0.3 is 0 Å². The van der Waals surface area contributed by atoms with Gasteiger partial charge in [0, 0.05) is 6.54 Å². The van der Waals surface area contributed by atoms with Crippen LogP contribution < -0.4 is 0 Å². The zero-order chi connectivity index (χ0) is 12.2. The molecule has 5 heteroatoms. The molecular weight excluding hydrogens is 224 g/mol. The Bertz CT molecular complexity index is 412. The van der Waals surface area contributed by atoms with Crippen LogP contribution in [0.2, 0.25) is 0 Å². The van der Waals surface area contributed by atoms with E-state index in [1.165, 1.54) is 4.31 Å². The summed E-state index contributed by atoms with van der Waals surface area (Å²) in [5.74, 6) is 2.78. The molecule has 0 radical (unpaired) electrons. The SMILES string of the molecule is C#CCN(CC1CC1)S(=O)(=O)C(C#N)CC. The van der Waals surface area contributed by atoms with Gasteiger partial charge in [-0.05, 0) is 25.2 Å². The molecule has 0 aromatic carbocycles. The van der Waals surface area contributed by atoms with Gasteiger partial charge in [-0.2, -0.15) is 9.57 Å². The fourth-order valence-electron chi connectivity index (χ4n) is 1.50. The minimum atomic E-state index is -3.55. The molecule has 1 atom stereocenters. The van der Waals surface area contributed by atoms with E-state index in [0.717, 1.165) is 12.8 Å². The molecule has 0 bridgehead atoms. The van der Waals surface area contributed by atoms with Crippen molar-refractivity contribution in [1.82, 2.24) is 4.31 Å². The summed E-state index contributed by atoms with van der Waals surface area (Å²) in [5.41, 5.74) is 0. The van der Waals surface area contributed by atoms with Gasteiger partial charge in [0.1, 0.15) is 0 Å². The van der Waals surface area contributed by atoms with Crippen LogP contribution in [0.25, 0.3) is 0 Å². The molecule has 1 aliphatic rings. The molecule has 88 valence electrons. The van der Waals surface area contributed by atoms with Crippen LogP contribution in [-0.2, 0) is 10.0 Å². The smallest absolute Gasteiger partial charge is 0.211 e. The molecule has 16 heavy (non-hydrogen) atoms. The Morgan fingerprint density at radius 2 is 2.19 bits per heavy atom. The summed E-state index contributed by atoms with van der Waals surface area (Å²) in [5, 5.41) is 7.85. The number of nitriles is 1. The molecule has 0 aromatic rings. The summed E-state index contributed by atoms with van der Waals surface area (Å²) in [4.78, 5) is 0. The van der Waals surface area contributed by atoms with Crippen LogP contribution in [0.15, 0.2) is 0 Å². The van der Waals surface area contributed by atoms with Gasteiger partial charge < -0.3 is 0 Å². The monoisotopic (exact) mass is 240 g/mol. The fourth-order valence-corrected chi connectivity index (χ4v) is 3.08. The molecule has 0 heterocycles. The Balaban J connectivity index is 2.82. The third kappa shape index (κ3) is 2.98. The number of hydrogen-bond acceptors (Lipinski definition) is 3. The summed E-state index contributed by atoms with van der Waals surface area (Å²) in [7, 11) is -3.55. The summed E-state index contributed by atoms with van der Waals surface area (Å²) in [6.45, 7) is 2.22. The lowest BCUT2D eigenvalue weighted by molar-refractivity contribution is 0.425. The molecule has 0 saturated heterocycles. The van der Waals surface area contributed by atoms with Gasteiger partial charge in [-0.3, -0.25) is 0 Å². The van der Waals surface area contributed by atoms with Crippen LogP contribution in [0, 0.1) is 29.6 Å². The minimum absolute atomic E-state index is 0.0665. The Labute approximate surface area is 97.3 Å². The third-order valence-electron chi connectivity index (χ3n) is 2.66. The van der Waals surface area contributed by atoms with Crippen molar-refractivity contribution in [1.29, 1.82) is 5.26 Å². The zero-order valence-corrected chi connectivity index (χ0v) is 10.2.